The Kier molecular flexibility index (Phi) is 13.2. The number of nitrogens with zero attached hydrogens (tertiary/aromatic N) is 1. The van der Waals surface area contributed by atoms with Crippen molar-refractivity contribution in [2.45, 2.75) is 84.0 Å². The summed E-state index contributed by atoms with van der Waals surface area (Å²) in [5, 5.41) is 0. The number of benzene rings is 1. The van der Waals surface area contributed by atoms with Crippen LogP contribution in [0.3, 0.4) is 0 Å². The van der Waals surface area contributed by atoms with Crippen molar-refractivity contribution in [3.63, 3.8) is 0 Å². The number of hydrogen-bond donors (Lipinski definition) is 1. The predicted molar refractivity (Wildman–Crippen MR) is 116 cm³/mol. The van der Waals surface area contributed by atoms with Crippen molar-refractivity contribution in [1.29, 1.82) is 0 Å². The van der Waals surface area contributed by atoms with E-state index < -0.39 is 0 Å². The molecule has 0 amide bonds. The Morgan fingerprint density at radius 3 is 1.71 bits per heavy atom. The van der Waals surface area contributed by atoms with Crippen LogP contribution in [0.15, 0.2) is 30.3 Å². The van der Waals surface area contributed by atoms with Gasteiger partial charge in [-0.1, -0.05) is 108 Å². The molecule has 0 heterocycles. The van der Waals surface area contributed by atoms with E-state index in [4.69, 9.17) is 12.2 Å². The molecule has 24 heavy (non-hydrogen) atoms. The zero-order valence-electron chi connectivity index (χ0n) is 15.4. The van der Waals surface area contributed by atoms with Gasteiger partial charge >= 0.3 is 0 Å². The highest BCUT2D eigenvalue weighted by atomic mass is 32.1. The monoisotopic (exact) mass is 365 g/mol. The molecular weight excluding hydrogens is 330 g/mol. The highest BCUT2D eigenvalue weighted by molar-refractivity contribution is 8.11. The van der Waals surface area contributed by atoms with E-state index in [0.29, 0.717) is 4.32 Å². The van der Waals surface area contributed by atoms with Gasteiger partial charge in [-0.2, -0.15) is 0 Å². The van der Waals surface area contributed by atoms with Gasteiger partial charge in [0.05, 0.1) is 0 Å². The van der Waals surface area contributed by atoms with Gasteiger partial charge < -0.3 is 4.90 Å². The zero-order valence-corrected chi connectivity index (χ0v) is 17.1. The van der Waals surface area contributed by atoms with Crippen LogP contribution in [0.2, 0.25) is 0 Å². The van der Waals surface area contributed by atoms with Crippen molar-refractivity contribution in [1.82, 2.24) is 0 Å². The summed E-state index contributed by atoms with van der Waals surface area (Å²) < 4.78 is 0.671. The van der Waals surface area contributed by atoms with Crippen LogP contribution < -0.4 is 4.90 Å². The van der Waals surface area contributed by atoms with Crippen LogP contribution in [-0.4, -0.2) is 10.9 Å². The third-order valence-electron chi connectivity index (χ3n) is 4.53. The summed E-state index contributed by atoms with van der Waals surface area (Å²) in [6, 6.07) is 10.3. The molecule has 0 saturated carbocycles. The number of hydrogen-bond acceptors (Lipinski definition) is 1. The lowest BCUT2D eigenvalue weighted by Crippen LogP contribution is -2.26. The number of anilines is 1. The highest BCUT2D eigenvalue weighted by Gasteiger charge is 2.07. The van der Waals surface area contributed by atoms with Gasteiger partial charge in [0.2, 0.25) is 0 Å². The van der Waals surface area contributed by atoms with Gasteiger partial charge in [0.15, 0.2) is 0 Å². The molecule has 0 unspecified atom stereocenters. The van der Waals surface area contributed by atoms with Crippen LogP contribution in [0.5, 0.6) is 0 Å². The zero-order chi connectivity index (χ0) is 17.5. The van der Waals surface area contributed by atoms with E-state index in [1.54, 1.807) is 0 Å². The molecule has 0 aromatic heterocycles. The first-order valence-corrected chi connectivity index (χ1v) is 10.7. The van der Waals surface area contributed by atoms with Gasteiger partial charge in [-0.3, -0.25) is 0 Å². The Morgan fingerprint density at radius 1 is 0.792 bits per heavy atom. The van der Waals surface area contributed by atoms with E-state index >= 15 is 0 Å². The van der Waals surface area contributed by atoms with Gasteiger partial charge in [0.1, 0.15) is 4.32 Å². The van der Waals surface area contributed by atoms with E-state index in [1.807, 2.05) is 6.07 Å². The smallest absolute Gasteiger partial charge is 0.137 e. The average Bonchev–Trinajstić information content (AvgIpc) is 2.59. The molecule has 0 radical (unpaired) electrons. The molecule has 1 nitrogen and oxygen atoms in total. The van der Waals surface area contributed by atoms with Crippen molar-refractivity contribution in [3.8, 4) is 0 Å². The largest absolute Gasteiger partial charge is 0.328 e. The molecule has 136 valence electrons. The quantitative estimate of drug-likeness (QED) is 0.208. The normalized spacial score (nSPS) is 10.8. The van der Waals surface area contributed by atoms with E-state index in [1.165, 1.54) is 77.0 Å². The Morgan fingerprint density at radius 2 is 1.25 bits per heavy atom. The fourth-order valence-corrected chi connectivity index (χ4v) is 3.47. The molecule has 1 aromatic rings. The molecule has 0 N–H and O–H groups in total. The summed E-state index contributed by atoms with van der Waals surface area (Å²) in [5.41, 5.74) is 1.15. The molecule has 0 aliphatic heterocycles. The molecule has 0 spiro atoms. The second kappa shape index (κ2) is 14.8. The maximum atomic E-state index is 5.28. The molecule has 0 aliphatic carbocycles. The van der Waals surface area contributed by atoms with Gasteiger partial charge in [0.25, 0.3) is 0 Å². The van der Waals surface area contributed by atoms with Crippen LogP contribution >= 0.6 is 24.8 Å². The summed E-state index contributed by atoms with van der Waals surface area (Å²) in [5.74, 6) is 0. The van der Waals surface area contributed by atoms with Crippen LogP contribution in [0.4, 0.5) is 5.69 Å². The molecule has 3 heteroatoms. The summed E-state index contributed by atoms with van der Waals surface area (Å²) >= 11 is 9.65. The van der Waals surface area contributed by atoms with Gasteiger partial charge in [-0.15, -0.1) is 12.6 Å². The molecule has 0 fully saturated rings. The third kappa shape index (κ3) is 10.4. The van der Waals surface area contributed by atoms with Crippen LogP contribution in [0.25, 0.3) is 0 Å². The minimum absolute atomic E-state index is 0.671. The number of thiocarbonyl (C=S) groups is 1. The second-order valence-corrected chi connectivity index (χ2v) is 7.77. The SMILES string of the molecule is CCCCCCCCCCCCCCN(C(=S)S)c1ccccc1. The molecular formula is C21H35NS2. The predicted octanol–water partition coefficient (Wildman–Crippen LogP) is 7.41. The third-order valence-corrected chi connectivity index (χ3v) is 5.00. The summed E-state index contributed by atoms with van der Waals surface area (Å²) in [7, 11) is 0. The number of para-hydroxylation sites is 1. The Labute approximate surface area is 160 Å². The first-order chi connectivity index (χ1) is 11.8. The second-order valence-electron chi connectivity index (χ2n) is 6.66. The fourth-order valence-electron chi connectivity index (χ4n) is 3.05. The van der Waals surface area contributed by atoms with E-state index in [-0.39, 0.29) is 0 Å². The first-order valence-electron chi connectivity index (χ1n) is 9.81. The van der Waals surface area contributed by atoms with Crippen LogP contribution in [0.1, 0.15) is 84.0 Å². The number of rotatable bonds is 14. The van der Waals surface area contributed by atoms with E-state index in [2.05, 4.69) is 48.7 Å². The Balaban J connectivity index is 2.00. The van der Waals surface area contributed by atoms with Crippen molar-refractivity contribution < 1.29 is 0 Å². The van der Waals surface area contributed by atoms with Crippen LogP contribution in [0, 0.1) is 0 Å². The van der Waals surface area contributed by atoms with Gasteiger partial charge in [0, 0.05) is 12.2 Å². The molecule has 1 rings (SSSR count). The summed E-state index contributed by atoms with van der Waals surface area (Å²) in [4.78, 5) is 2.13. The lowest BCUT2D eigenvalue weighted by Gasteiger charge is -2.22. The lowest BCUT2D eigenvalue weighted by atomic mass is 10.1. The van der Waals surface area contributed by atoms with Crippen molar-refractivity contribution in [2.75, 3.05) is 11.4 Å². The minimum atomic E-state index is 0.671. The van der Waals surface area contributed by atoms with Gasteiger partial charge in [-0.25, -0.2) is 0 Å². The lowest BCUT2D eigenvalue weighted by molar-refractivity contribution is 0.545. The Bertz CT molecular complexity index is 419. The minimum Gasteiger partial charge on any atom is -0.328 e. The van der Waals surface area contributed by atoms with E-state index in [9.17, 15) is 0 Å². The molecule has 0 atom stereocenters. The Hall–Kier alpha value is -0.540. The maximum Gasteiger partial charge on any atom is 0.137 e. The number of unbranched alkanes of at least 4 members (excludes halogenated alkanes) is 11. The molecule has 0 aliphatic rings. The summed E-state index contributed by atoms with van der Waals surface area (Å²) in [6.45, 7) is 3.26. The molecule has 1 aromatic carbocycles. The first kappa shape index (κ1) is 21.5. The van der Waals surface area contributed by atoms with Crippen molar-refractivity contribution in [3.05, 3.63) is 30.3 Å². The van der Waals surface area contributed by atoms with E-state index in [0.717, 1.165) is 12.2 Å². The fraction of sp³-hybridized carbons (Fsp3) is 0.667. The topological polar surface area (TPSA) is 3.24 Å². The van der Waals surface area contributed by atoms with Crippen molar-refractivity contribution in [2.24, 2.45) is 0 Å². The number of thiol groups is 1. The molecule has 0 bridgehead atoms. The maximum absolute atomic E-state index is 5.28. The standard InChI is InChI=1S/C21H35NS2/c1-2-3-4-5-6-7-8-9-10-11-12-16-19-22(21(23)24)20-17-14-13-15-18-20/h13-15,17-18H,2-12,16,19H2,1H3,(H,23,24). The highest BCUT2D eigenvalue weighted by Crippen LogP contribution is 2.17. The summed E-state index contributed by atoms with van der Waals surface area (Å²) in [6.07, 6.45) is 16.5. The molecule has 0 saturated heterocycles. The van der Waals surface area contributed by atoms with Crippen LogP contribution in [-0.2, 0) is 0 Å². The van der Waals surface area contributed by atoms with Crippen molar-refractivity contribution >= 4 is 34.9 Å². The average molecular weight is 366 g/mol. The van der Waals surface area contributed by atoms with Gasteiger partial charge in [-0.05, 0) is 18.6 Å².